The maximum Gasteiger partial charge on any atom is 0.253 e. The number of pyridine rings is 1. The van der Waals surface area contributed by atoms with Crippen LogP contribution >= 0.6 is 0 Å². The lowest BCUT2D eigenvalue weighted by Crippen LogP contribution is -2.27. The zero-order valence-electron chi connectivity index (χ0n) is 17.5. The summed E-state index contributed by atoms with van der Waals surface area (Å²) in [5, 5.41) is 6.89. The minimum Gasteiger partial charge on any atom is -0.339 e. The van der Waals surface area contributed by atoms with Crippen molar-refractivity contribution in [2.24, 2.45) is 0 Å². The van der Waals surface area contributed by atoms with E-state index in [1.165, 1.54) is 0 Å². The van der Waals surface area contributed by atoms with Crippen molar-refractivity contribution >= 4 is 17.5 Å². The highest BCUT2D eigenvalue weighted by molar-refractivity contribution is 5.96. The highest BCUT2D eigenvalue weighted by atomic mass is 16.5. The number of hydrogen-bond donors (Lipinski definition) is 1. The van der Waals surface area contributed by atoms with Gasteiger partial charge in [-0.15, -0.1) is 0 Å². The number of benzene rings is 1. The number of carbonyl (C=O) groups is 2. The van der Waals surface area contributed by atoms with Gasteiger partial charge in [0.05, 0.1) is 0 Å². The topological polar surface area (TPSA) is 101 Å². The van der Waals surface area contributed by atoms with Crippen LogP contribution in [0, 0.1) is 6.92 Å². The van der Waals surface area contributed by atoms with E-state index in [0.717, 1.165) is 42.7 Å². The molecule has 0 aliphatic carbocycles. The van der Waals surface area contributed by atoms with Crippen molar-refractivity contribution < 1.29 is 14.1 Å². The van der Waals surface area contributed by atoms with Gasteiger partial charge in [0.2, 0.25) is 17.6 Å². The van der Waals surface area contributed by atoms with Crippen molar-refractivity contribution in [1.82, 2.24) is 20.0 Å². The van der Waals surface area contributed by atoms with E-state index in [0.29, 0.717) is 36.5 Å². The molecule has 0 spiro atoms. The van der Waals surface area contributed by atoms with Gasteiger partial charge in [0.1, 0.15) is 0 Å². The van der Waals surface area contributed by atoms with Gasteiger partial charge in [-0.2, -0.15) is 4.98 Å². The second kappa shape index (κ2) is 9.51. The Hall–Kier alpha value is -3.55. The maximum absolute atomic E-state index is 12.5. The minimum absolute atomic E-state index is 0.0594. The van der Waals surface area contributed by atoms with Crippen LogP contribution in [0.4, 0.5) is 5.69 Å². The quantitative estimate of drug-likeness (QED) is 0.627. The van der Waals surface area contributed by atoms with Crippen LogP contribution in [-0.2, 0) is 11.2 Å². The van der Waals surface area contributed by atoms with E-state index < -0.39 is 0 Å². The molecule has 1 aliphatic heterocycles. The second-order valence-electron chi connectivity index (χ2n) is 7.68. The molecule has 0 saturated carbocycles. The van der Waals surface area contributed by atoms with Gasteiger partial charge in [-0.1, -0.05) is 5.16 Å². The Labute approximate surface area is 180 Å². The molecule has 0 bridgehead atoms. The monoisotopic (exact) mass is 419 g/mol. The molecule has 1 aliphatic rings. The molecule has 31 heavy (non-hydrogen) atoms. The summed E-state index contributed by atoms with van der Waals surface area (Å²) in [7, 11) is 0. The van der Waals surface area contributed by atoms with Gasteiger partial charge >= 0.3 is 0 Å². The lowest BCUT2D eigenvalue weighted by molar-refractivity contribution is -0.116. The molecule has 3 heterocycles. The van der Waals surface area contributed by atoms with E-state index in [2.05, 4.69) is 20.4 Å². The SMILES string of the molecule is Cc1cc(C(=O)N2CCCC2)ccc1NC(=O)CCCc1nc(-c2ccncc2)no1. The number of amides is 2. The third-order valence-electron chi connectivity index (χ3n) is 5.34. The smallest absolute Gasteiger partial charge is 0.253 e. The van der Waals surface area contributed by atoms with E-state index in [1.54, 1.807) is 24.5 Å². The predicted octanol–water partition coefficient (Wildman–Crippen LogP) is 3.64. The molecule has 4 rings (SSSR count). The molecule has 0 radical (unpaired) electrons. The van der Waals surface area contributed by atoms with Gasteiger partial charge in [0.25, 0.3) is 5.91 Å². The standard InChI is InChI=1S/C23H25N5O3/c1-16-15-18(23(30)28-13-2-3-14-28)7-8-19(16)25-20(29)5-4-6-21-26-22(27-31-21)17-9-11-24-12-10-17/h7-12,15H,2-6,13-14H2,1H3,(H,25,29). The number of anilines is 1. The van der Waals surface area contributed by atoms with E-state index in [-0.39, 0.29) is 11.8 Å². The van der Waals surface area contributed by atoms with E-state index >= 15 is 0 Å². The normalized spacial score (nSPS) is 13.4. The lowest BCUT2D eigenvalue weighted by atomic mass is 10.1. The van der Waals surface area contributed by atoms with Gasteiger partial charge in [0, 0.05) is 55.1 Å². The molecule has 160 valence electrons. The summed E-state index contributed by atoms with van der Waals surface area (Å²) in [6.45, 7) is 3.54. The summed E-state index contributed by atoms with van der Waals surface area (Å²) >= 11 is 0. The number of rotatable bonds is 7. The molecule has 2 amide bonds. The second-order valence-corrected chi connectivity index (χ2v) is 7.68. The number of aryl methyl sites for hydroxylation is 2. The Bertz CT molecular complexity index is 1060. The molecule has 1 aromatic carbocycles. The molecule has 0 atom stereocenters. The van der Waals surface area contributed by atoms with Crippen molar-refractivity contribution in [3.63, 3.8) is 0 Å². The summed E-state index contributed by atoms with van der Waals surface area (Å²) in [5.41, 5.74) is 3.10. The van der Waals surface area contributed by atoms with Crippen LogP contribution in [0.25, 0.3) is 11.4 Å². The Morgan fingerprint density at radius 1 is 1.13 bits per heavy atom. The van der Waals surface area contributed by atoms with Gasteiger partial charge in [-0.25, -0.2) is 0 Å². The third-order valence-corrected chi connectivity index (χ3v) is 5.34. The fourth-order valence-electron chi connectivity index (χ4n) is 3.63. The molecule has 8 nitrogen and oxygen atoms in total. The molecule has 8 heteroatoms. The van der Waals surface area contributed by atoms with Crippen molar-refractivity contribution in [2.75, 3.05) is 18.4 Å². The average Bonchev–Trinajstić information content (AvgIpc) is 3.48. The number of likely N-dealkylation sites (tertiary alicyclic amines) is 1. The van der Waals surface area contributed by atoms with Crippen LogP contribution in [0.15, 0.2) is 47.2 Å². The molecular weight excluding hydrogens is 394 g/mol. The number of aromatic nitrogens is 3. The van der Waals surface area contributed by atoms with Crippen LogP contribution in [0.1, 0.15) is 47.5 Å². The first kappa shape index (κ1) is 20.7. The lowest BCUT2D eigenvalue weighted by Gasteiger charge is -2.16. The highest BCUT2D eigenvalue weighted by Gasteiger charge is 2.20. The largest absolute Gasteiger partial charge is 0.339 e. The van der Waals surface area contributed by atoms with Crippen LogP contribution in [0.5, 0.6) is 0 Å². The number of hydrogen-bond acceptors (Lipinski definition) is 6. The first-order valence-electron chi connectivity index (χ1n) is 10.5. The fraction of sp³-hybridized carbons (Fsp3) is 0.348. The Morgan fingerprint density at radius 2 is 1.90 bits per heavy atom. The van der Waals surface area contributed by atoms with Crippen LogP contribution < -0.4 is 5.32 Å². The summed E-state index contributed by atoms with van der Waals surface area (Å²) in [6, 6.07) is 9.05. The van der Waals surface area contributed by atoms with Crippen LogP contribution in [0.3, 0.4) is 0 Å². The Kier molecular flexibility index (Phi) is 6.35. The van der Waals surface area contributed by atoms with E-state index in [4.69, 9.17) is 4.52 Å². The molecule has 3 aromatic rings. The molecule has 1 fully saturated rings. The zero-order chi connectivity index (χ0) is 21.6. The maximum atomic E-state index is 12.5. The van der Waals surface area contributed by atoms with Gasteiger partial charge in [-0.05, 0) is 62.1 Å². The van der Waals surface area contributed by atoms with Crippen LogP contribution in [0.2, 0.25) is 0 Å². The molecule has 1 saturated heterocycles. The first-order chi connectivity index (χ1) is 15.1. The minimum atomic E-state index is -0.0874. The van der Waals surface area contributed by atoms with Gasteiger partial charge in [0.15, 0.2) is 0 Å². The summed E-state index contributed by atoms with van der Waals surface area (Å²) in [4.78, 5) is 35.1. The molecule has 0 unspecified atom stereocenters. The molecular formula is C23H25N5O3. The zero-order valence-corrected chi connectivity index (χ0v) is 17.5. The Balaban J connectivity index is 1.27. The van der Waals surface area contributed by atoms with E-state index in [9.17, 15) is 9.59 Å². The van der Waals surface area contributed by atoms with Gasteiger partial charge in [-0.3, -0.25) is 14.6 Å². The van der Waals surface area contributed by atoms with Crippen molar-refractivity contribution in [1.29, 1.82) is 0 Å². The number of nitrogens with zero attached hydrogens (tertiary/aromatic N) is 4. The summed E-state index contributed by atoms with van der Waals surface area (Å²) in [6.07, 6.45) is 6.92. The highest BCUT2D eigenvalue weighted by Crippen LogP contribution is 2.20. The van der Waals surface area contributed by atoms with E-state index in [1.807, 2.05) is 30.0 Å². The Morgan fingerprint density at radius 3 is 2.65 bits per heavy atom. The number of nitrogens with one attached hydrogen (secondary N) is 1. The number of carbonyl (C=O) groups excluding carboxylic acids is 2. The van der Waals surface area contributed by atoms with Gasteiger partial charge < -0.3 is 14.7 Å². The molecule has 1 N–H and O–H groups in total. The summed E-state index contributed by atoms with van der Waals surface area (Å²) in [5.74, 6) is 0.987. The van der Waals surface area contributed by atoms with Crippen molar-refractivity contribution in [3.8, 4) is 11.4 Å². The summed E-state index contributed by atoms with van der Waals surface area (Å²) < 4.78 is 5.27. The molecule has 2 aromatic heterocycles. The first-order valence-corrected chi connectivity index (χ1v) is 10.5. The predicted molar refractivity (Wildman–Crippen MR) is 115 cm³/mol. The third kappa shape index (κ3) is 5.14. The van der Waals surface area contributed by atoms with Crippen molar-refractivity contribution in [2.45, 2.75) is 39.0 Å². The average molecular weight is 419 g/mol. The van der Waals surface area contributed by atoms with Crippen molar-refractivity contribution in [3.05, 3.63) is 59.7 Å². The van der Waals surface area contributed by atoms with Crippen LogP contribution in [-0.4, -0.2) is 44.9 Å². The fourth-order valence-corrected chi connectivity index (χ4v) is 3.63.